The van der Waals surface area contributed by atoms with Crippen molar-refractivity contribution in [2.75, 3.05) is 20.3 Å². The molecule has 8 nitrogen and oxygen atoms in total. The summed E-state index contributed by atoms with van der Waals surface area (Å²) >= 11 is 10.7. The highest BCUT2D eigenvalue weighted by Gasteiger charge is 2.28. The lowest BCUT2D eigenvalue weighted by molar-refractivity contribution is -0.114. The molecule has 3 rings (SSSR count). The number of hydrogen-bond acceptors (Lipinski definition) is 9. The van der Waals surface area contributed by atoms with Crippen molar-refractivity contribution in [2.24, 2.45) is 0 Å². The molecule has 214 valence electrons. The van der Waals surface area contributed by atoms with E-state index >= 15 is 0 Å². The molecule has 0 unspecified atom stereocenters. The Bertz CT molecular complexity index is 1540. The summed E-state index contributed by atoms with van der Waals surface area (Å²) in [7, 11) is 1.48. The second-order valence-corrected chi connectivity index (χ2v) is 10.8. The van der Waals surface area contributed by atoms with Gasteiger partial charge in [-0.3, -0.25) is 4.79 Å². The van der Waals surface area contributed by atoms with Crippen LogP contribution in [-0.2, 0) is 27.3 Å². The van der Waals surface area contributed by atoms with E-state index in [0.717, 1.165) is 16.9 Å². The van der Waals surface area contributed by atoms with Crippen LogP contribution in [0, 0.1) is 18.3 Å². The third-order valence-corrected chi connectivity index (χ3v) is 8.02. The molecule has 11 heteroatoms. The minimum atomic E-state index is -0.650. The fourth-order valence-corrected chi connectivity index (χ4v) is 5.82. The van der Waals surface area contributed by atoms with Gasteiger partial charge in [0.2, 0.25) is 0 Å². The third kappa shape index (κ3) is 7.76. The molecule has 0 saturated heterocycles. The molecule has 0 aliphatic rings. The SMILES string of the molecule is CCOC(=O)c1sc(CC(=O)C(C#N)=Cc2cc(Br)c(OCc3ccccc3Cl)c(OC)c2)c(C(=O)OCC)c1C. The monoisotopic (exact) mass is 659 g/mol. The standard InChI is InChI=1S/C30H27BrClNO7S/c1-5-38-29(35)26-17(3)28(30(36)39-6-2)41-25(26)14-23(34)20(15-33)11-18-12-21(31)27(24(13-18)37-4)40-16-19-9-7-8-10-22(19)32/h7-13H,5-6,14,16H2,1-4H3. The number of ether oxygens (including phenoxy) is 4. The Morgan fingerprint density at radius 3 is 2.41 bits per heavy atom. The van der Waals surface area contributed by atoms with E-state index in [-0.39, 0.29) is 42.3 Å². The number of rotatable bonds is 12. The van der Waals surface area contributed by atoms with Gasteiger partial charge >= 0.3 is 11.9 Å². The number of benzene rings is 2. The quantitative estimate of drug-likeness (QED) is 0.115. The predicted molar refractivity (Wildman–Crippen MR) is 160 cm³/mol. The Kier molecular flexibility index (Phi) is 11.5. The third-order valence-electron chi connectivity index (χ3n) is 5.79. The summed E-state index contributed by atoms with van der Waals surface area (Å²) in [5, 5.41) is 10.4. The molecule has 0 saturated carbocycles. The highest BCUT2D eigenvalue weighted by Crippen LogP contribution is 2.38. The average molecular weight is 661 g/mol. The first-order chi connectivity index (χ1) is 19.6. The fraction of sp³-hybridized carbons (Fsp3) is 0.267. The van der Waals surface area contributed by atoms with Gasteiger partial charge in [0.1, 0.15) is 17.6 Å². The first-order valence-electron chi connectivity index (χ1n) is 12.5. The number of carbonyl (C=O) groups is 3. The summed E-state index contributed by atoms with van der Waals surface area (Å²) in [5.74, 6) is -0.981. The molecule has 1 heterocycles. The van der Waals surface area contributed by atoms with Crippen LogP contribution in [0.25, 0.3) is 6.08 Å². The van der Waals surface area contributed by atoms with Gasteiger partial charge in [0.05, 0.1) is 35.9 Å². The van der Waals surface area contributed by atoms with E-state index in [0.29, 0.717) is 37.0 Å². The van der Waals surface area contributed by atoms with Crippen LogP contribution in [0.15, 0.2) is 46.4 Å². The van der Waals surface area contributed by atoms with Crippen molar-refractivity contribution in [3.05, 3.63) is 83.5 Å². The van der Waals surface area contributed by atoms with Crippen LogP contribution in [0.4, 0.5) is 0 Å². The van der Waals surface area contributed by atoms with Crippen molar-refractivity contribution in [2.45, 2.75) is 33.8 Å². The number of thiophene rings is 1. The van der Waals surface area contributed by atoms with Crippen LogP contribution >= 0.6 is 38.9 Å². The average Bonchev–Trinajstić information content (AvgIpc) is 3.27. The van der Waals surface area contributed by atoms with E-state index in [1.165, 1.54) is 13.2 Å². The van der Waals surface area contributed by atoms with Crippen molar-refractivity contribution in [3.8, 4) is 17.6 Å². The number of allylic oxidation sites excluding steroid dienone is 1. The van der Waals surface area contributed by atoms with Gasteiger partial charge in [-0.1, -0.05) is 29.8 Å². The van der Waals surface area contributed by atoms with Gasteiger partial charge in [0, 0.05) is 21.9 Å². The number of Topliss-reactive ketones (excluding diaryl/α,β-unsaturated/α-hetero) is 1. The lowest BCUT2D eigenvalue weighted by atomic mass is 10.0. The Labute approximate surface area is 255 Å². The van der Waals surface area contributed by atoms with Gasteiger partial charge in [-0.05, 0) is 72.1 Å². The molecule has 0 fully saturated rings. The smallest absolute Gasteiger partial charge is 0.348 e. The second-order valence-electron chi connectivity index (χ2n) is 8.48. The van der Waals surface area contributed by atoms with Gasteiger partial charge in [0.15, 0.2) is 17.3 Å². The number of halogens is 2. The molecular weight excluding hydrogens is 634 g/mol. The Hall–Kier alpha value is -3.65. The van der Waals surface area contributed by atoms with Crippen LogP contribution in [0.5, 0.6) is 11.5 Å². The Morgan fingerprint density at radius 2 is 1.78 bits per heavy atom. The molecule has 0 bridgehead atoms. The lowest BCUT2D eigenvalue weighted by Gasteiger charge is -2.14. The minimum absolute atomic E-state index is 0.119. The number of carbonyl (C=O) groups excluding carboxylic acids is 3. The molecule has 41 heavy (non-hydrogen) atoms. The zero-order chi connectivity index (χ0) is 30.1. The first-order valence-corrected chi connectivity index (χ1v) is 14.5. The molecule has 2 aromatic carbocycles. The molecule has 0 atom stereocenters. The van der Waals surface area contributed by atoms with Gasteiger partial charge < -0.3 is 18.9 Å². The molecule has 0 aliphatic heterocycles. The summed E-state index contributed by atoms with van der Waals surface area (Å²) in [6, 6.07) is 12.6. The molecule has 0 amide bonds. The number of esters is 2. The van der Waals surface area contributed by atoms with Crippen molar-refractivity contribution in [1.29, 1.82) is 5.26 Å². The number of nitriles is 1. The van der Waals surface area contributed by atoms with E-state index in [9.17, 15) is 19.6 Å². The molecule has 0 radical (unpaired) electrons. The van der Waals surface area contributed by atoms with Crippen LogP contribution in [0.2, 0.25) is 5.02 Å². The minimum Gasteiger partial charge on any atom is -0.493 e. The van der Waals surface area contributed by atoms with E-state index in [4.69, 9.17) is 30.5 Å². The fourth-order valence-electron chi connectivity index (χ4n) is 3.87. The highest BCUT2D eigenvalue weighted by atomic mass is 79.9. The molecule has 0 N–H and O–H groups in total. The number of nitrogens with zero attached hydrogens (tertiary/aromatic N) is 1. The summed E-state index contributed by atoms with van der Waals surface area (Å²) < 4.78 is 22.3. The number of hydrogen-bond donors (Lipinski definition) is 0. The van der Waals surface area contributed by atoms with Crippen molar-refractivity contribution in [3.63, 3.8) is 0 Å². The summed E-state index contributed by atoms with van der Waals surface area (Å²) in [5.41, 5.74) is 1.65. The van der Waals surface area contributed by atoms with Gasteiger partial charge in [0.25, 0.3) is 0 Å². The maximum atomic E-state index is 13.3. The van der Waals surface area contributed by atoms with E-state index in [2.05, 4.69) is 15.9 Å². The van der Waals surface area contributed by atoms with E-state index in [1.807, 2.05) is 24.3 Å². The largest absolute Gasteiger partial charge is 0.493 e. The van der Waals surface area contributed by atoms with E-state index in [1.54, 1.807) is 39.0 Å². The molecule has 0 spiro atoms. The van der Waals surface area contributed by atoms with Gasteiger partial charge in [-0.15, -0.1) is 11.3 Å². The number of methoxy groups -OCH3 is 1. The van der Waals surface area contributed by atoms with Crippen LogP contribution in [-0.4, -0.2) is 38.0 Å². The Balaban J connectivity index is 1.91. The van der Waals surface area contributed by atoms with E-state index < -0.39 is 17.7 Å². The maximum Gasteiger partial charge on any atom is 0.348 e. The normalized spacial score (nSPS) is 11.0. The Morgan fingerprint density at radius 1 is 1.10 bits per heavy atom. The van der Waals surface area contributed by atoms with Crippen LogP contribution in [0.3, 0.4) is 0 Å². The lowest BCUT2D eigenvalue weighted by Crippen LogP contribution is -2.12. The van der Waals surface area contributed by atoms with Gasteiger partial charge in [-0.2, -0.15) is 5.26 Å². The molecular formula is C30H27BrClNO7S. The zero-order valence-electron chi connectivity index (χ0n) is 22.8. The first kappa shape index (κ1) is 31.9. The summed E-state index contributed by atoms with van der Waals surface area (Å²) in [6.45, 7) is 5.41. The van der Waals surface area contributed by atoms with Crippen molar-refractivity contribution >= 4 is 62.7 Å². The highest BCUT2D eigenvalue weighted by molar-refractivity contribution is 9.10. The molecule has 0 aliphatic carbocycles. The van der Waals surface area contributed by atoms with Gasteiger partial charge in [-0.25, -0.2) is 9.59 Å². The topological polar surface area (TPSA) is 112 Å². The van der Waals surface area contributed by atoms with Crippen LogP contribution < -0.4 is 9.47 Å². The zero-order valence-corrected chi connectivity index (χ0v) is 26.0. The maximum absolute atomic E-state index is 13.3. The van der Waals surface area contributed by atoms with Crippen LogP contribution in [0.1, 0.15) is 55.4 Å². The summed E-state index contributed by atoms with van der Waals surface area (Å²) in [4.78, 5) is 38.9. The van der Waals surface area contributed by atoms with Crippen molar-refractivity contribution < 1.29 is 33.3 Å². The molecule has 1 aromatic heterocycles. The summed E-state index contributed by atoms with van der Waals surface area (Å²) in [6.07, 6.45) is 1.14. The second kappa shape index (κ2) is 14.8. The molecule has 3 aromatic rings. The number of ketones is 1. The van der Waals surface area contributed by atoms with Crippen molar-refractivity contribution in [1.82, 2.24) is 0 Å². The predicted octanol–water partition coefficient (Wildman–Crippen LogP) is 7.13.